The van der Waals surface area contributed by atoms with Gasteiger partial charge in [-0.15, -0.1) is 0 Å². The van der Waals surface area contributed by atoms with E-state index in [4.69, 9.17) is 0 Å². The molecule has 0 saturated heterocycles. The largest absolute Gasteiger partial charge is 0.396 e. The second-order valence-electron chi connectivity index (χ2n) is 5.37. The molecule has 1 aromatic carbocycles. The van der Waals surface area contributed by atoms with E-state index in [1.807, 2.05) is 0 Å². The van der Waals surface area contributed by atoms with E-state index in [0.29, 0.717) is 12.5 Å². The molecule has 1 heteroatoms. The molecule has 0 aromatic heterocycles. The molecular formula is C16H26O. The summed E-state index contributed by atoms with van der Waals surface area (Å²) in [4.78, 5) is 0. The third kappa shape index (κ3) is 5.36. The quantitative estimate of drug-likeness (QED) is 0.757. The van der Waals surface area contributed by atoms with Gasteiger partial charge in [-0.25, -0.2) is 0 Å². The van der Waals surface area contributed by atoms with Crippen LogP contribution in [0.4, 0.5) is 0 Å². The Bertz CT molecular complexity index is 319. The van der Waals surface area contributed by atoms with Crippen LogP contribution in [0, 0.1) is 18.8 Å². The molecule has 1 aromatic rings. The van der Waals surface area contributed by atoms with Crippen molar-refractivity contribution in [3.05, 3.63) is 35.4 Å². The summed E-state index contributed by atoms with van der Waals surface area (Å²) in [6, 6.07) is 8.62. The second-order valence-corrected chi connectivity index (χ2v) is 5.37. The molecule has 0 heterocycles. The predicted molar refractivity (Wildman–Crippen MR) is 74.1 cm³/mol. The van der Waals surface area contributed by atoms with Crippen LogP contribution in [-0.2, 0) is 6.42 Å². The predicted octanol–water partition coefficient (Wildman–Crippen LogP) is 3.97. The maximum atomic E-state index is 9.47. The van der Waals surface area contributed by atoms with Crippen molar-refractivity contribution >= 4 is 0 Å². The first-order chi connectivity index (χ1) is 8.15. The van der Waals surface area contributed by atoms with Crippen LogP contribution in [0.15, 0.2) is 24.3 Å². The zero-order valence-electron chi connectivity index (χ0n) is 11.4. The molecule has 0 bridgehead atoms. The molecule has 0 aliphatic carbocycles. The van der Waals surface area contributed by atoms with Gasteiger partial charge in [0.25, 0.3) is 0 Å². The Morgan fingerprint density at radius 2 is 2.06 bits per heavy atom. The molecule has 0 aliphatic rings. The van der Waals surface area contributed by atoms with Crippen LogP contribution in [-0.4, -0.2) is 11.7 Å². The Morgan fingerprint density at radius 3 is 2.65 bits per heavy atom. The van der Waals surface area contributed by atoms with E-state index in [-0.39, 0.29) is 0 Å². The van der Waals surface area contributed by atoms with Crippen molar-refractivity contribution in [2.45, 2.75) is 46.5 Å². The minimum Gasteiger partial charge on any atom is -0.396 e. The van der Waals surface area contributed by atoms with Gasteiger partial charge in [-0.2, -0.15) is 0 Å². The van der Waals surface area contributed by atoms with E-state index in [1.165, 1.54) is 24.0 Å². The zero-order valence-corrected chi connectivity index (χ0v) is 11.4. The van der Waals surface area contributed by atoms with Gasteiger partial charge in [0, 0.05) is 6.61 Å². The minimum absolute atomic E-state index is 0.308. The lowest BCUT2D eigenvalue weighted by atomic mass is 9.88. The Balaban J connectivity index is 2.51. The highest BCUT2D eigenvalue weighted by Crippen LogP contribution is 2.20. The molecule has 1 N–H and O–H groups in total. The third-order valence-corrected chi connectivity index (χ3v) is 3.38. The lowest BCUT2D eigenvalue weighted by molar-refractivity contribution is 0.200. The molecule has 96 valence electrons. The summed E-state index contributed by atoms with van der Waals surface area (Å²) in [5, 5.41) is 9.47. The van der Waals surface area contributed by atoms with E-state index >= 15 is 0 Å². The summed E-state index contributed by atoms with van der Waals surface area (Å²) in [5.74, 6) is 1.14. The number of rotatable bonds is 7. The van der Waals surface area contributed by atoms with Crippen molar-refractivity contribution in [1.82, 2.24) is 0 Å². The van der Waals surface area contributed by atoms with Crippen LogP contribution in [0.25, 0.3) is 0 Å². The topological polar surface area (TPSA) is 20.2 Å². The lowest BCUT2D eigenvalue weighted by Crippen LogP contribution is -2.13. The summed E-state index contributed by atoms with van der Waals surface area (Å²) in [6.45, 7) is 6.95. The highest BCUT2D eigenvalue weighted by molar-refractivity contribution is 5.22. The first-order valence-electron chi connectivity index (χ1n) is 6.82. The van der Waals surface area contributed by atoms with Crippen molar-refractivity contribution in [1.29, 1.82) is 0 Å². The summed E-state index contributed by atoms with van der Waals surface area (Å²) >= 11 is 0. The molecule has 2 atom stereocenters. The molecule has 1 rings (SSSR count). The van der Waals surface area contributed by atoms with Crippen LogP contribution in [0.2, 0.25) is 0 Å². The molecule has 1 nitrogen and oxygen atoms in total. The van der Waals surface area contributed by atoms with Crippen molar-refractivity contribution in [2.75, 3.05) is 6.61 Å². The van der Waals surface area contributed by atoms with Gasteiger partial charge in [0.15, 0.2) is 0 Å². The Hall–Kier alpha value is -0.820. The van der Waals surface area contributed by atoms with E-state index in [9.17, 15) is 5.11 Å². The molecule has 0 amide bonds. The minimum atomic E-state index is 0.308. The highest BCUT2D eigenvalue weighted by Gasteiger charge is 2.12. The van der Waals surface area contributed by atoms with E-state index in [0.717, 1.165) is 18.8 Å². The fourth-order valence-corrected chi connectivity index (χ4v) is 2.57. The third-order valence-electron chi connectivity index (χ3n) is 3.38. The Kier molecular flexibility index (Phi) is 6.28. The van der Waals surface area contributed by atoms with Crippen LogP contribution >= 0.6 is 0 Å². The highest BCUT2D eigenvalue weighted by atomic mass is 16.3. The smallest absolute Gasteiger partial charge is 0.0462 e. The van der Waals surface area contributed by atoms with Crippen molar-refractivity contribution < 1.29 is 5.11 Å². The van der Waals surface area contributed by atoms with Gasteiger partial charge in [0.2, 0.25) is 0 Å². The number of benzene rings is 1. The average Bonchev–Trinajstić information content (AvgIpc) is 2.28. The summed E-state index contributed by atoms with van der Waals surface area (Å²) in [6.07, 6.45) is 4.65. The summed E-state index contributed by atoms with van der Waals surface area (Å²) in [7, 11) is 0. The fourth-order valence-electron chi connectivity index (χ4n) is 2.57. The first kappa shape index (κ1) is 14.2. The number of hydrogen-bond donors (Lipinski definition) is 1. The van der Waals surface area contributed by atoms with Crippen LogP contribution in [0.3, 0.4) is 0 Å². The van der Waals surface area contributed by atoms with Gasteiger partial charge in [-0.3, -0.25) is 0 Å². The summed E-state index contributed by atoms with van der Waals surface area (Å²) in [5.41, 5.74) is 2.66. The number of aliphatic hydroxyl groups is 1. The Labute approximate surface area is 106 Å². The van der Waals surface area contributed by atoms with Gasteiger partial charge < -0.3 is 5.11 Å². The zero-order chi connectivity index (χ0) is 12.7. The van der Waals surface area contributed by atoms with Gasteiger partial charge in [0.05, 0.1) is 0 Å². The first-order valence-corrected chi connectivity index (χ1v) is 6.82. The average molecular weight is 234 g/mol. The molecule has 0 spiro atoms. The molecule has 0 fully saturated rings. The molecule has 0 radical (unpaired) electrons. The monoisotopic (exact) mass is 234 g/mol. The van der Waals surface area contributed by atoms with Gasteiger partial charge in [-0.05, 0) is 37.2 Å². The molecule has 0 aliphatic heterocycles. The van der Waals surface area contributed by atoms with Gasteiger partial charge in [-0.1, -0.05) is 56.5 Å². The normalized spacial score (nSPS) is 14.6. The molecular weight excluding hydrogens is 208 g/mol. The van der Waals surface area contributed by atoms with Crippen molar-refractivity contribution in [3.8, 4) is 0 Å². The Morgan fingerprint density at radius 1 is 1.29 bits per heavy atom. The lowest BCUT2D eigenvalue weighted by Gasteiger charge is -2.19. The second kappa shape index (κ2) is 7.50. The molecule has 2 unspecified atom stereocenters. The maximum Gasteiger partial charge on any atom is 0.0462 e. The van der Waals surface area contributed by atoms with Crippen LogP contribution < -0.4 is 0 Å². The van der Waals surface area contributed by atoms with E-state index in [2.05, 4.69) is 45.0 Å². The number of aliphatic hydroxyl groups excluding tert-OH is 1. The van der Waals surface area contributed by atoms with Gasteiger partial charge in [0.1, 0.15) is 0 Å². The summed E-state index contributed by atoms with van der Waals surface area (Å²) < 4.78 is 0. The number of aryl methyl sites for hydroxylation is 1. The van der Waals surface area contributed by atoms with Crippen LogP contribution in [0.1, 0.15) is 44.2 Å². The van der Waals surface area contributed by atoms with Crippen molar-refractivity contribution in [2.24, 2.45) is 11.8 Å². The fraction of sp³-hybridized carbons (Fsp3) is 0.625. The van der Waals surface area contributed by atoms with Gasteiger partial charge >= 0.3 is 0 Å². The van der Waals surface area contributed by atoms with E-state index < -0.39 is 0 Å². The standard InChI is InChI=1S/C16H26O/c1-4-6-13(2)10-16(12-17)11-15-8-5-7-14(3)9-15/h5,7-9,13,16-17H,4,6,10-12H2,1-3H3. The van der Waals surface area contributed by atoms with Crippen LogP contribution in [0.5, 0.6) is 0 Å². The SMILES string of the molecule is CCCC(C)CC(CO)Cc1cccc(C)c1. The maximum absolute atomic E-state index is 9.47. The molecule has 0 saturated carbocycles. The van der Waals surface area contributed by atoms with Crippen molar-refractivity contribution in [3.63, 3.8) is 0 Å². The number of hydrogen-bond acceptors (Lipinski definition) is 1. The van der Waals surface area contributed by atoms with E-state index in [1.54, 1.807) is 0 Å². The molecule has 17 heavy (non-hydrogen) atoms.